The number of rotatable bonds is 4. The molecule has 2 amide bonds. The van der Waals surface area contributed by atoms with Crippen LogP contribution in [0.15, 0.2) is 48.9 Å². The maximum atomic E-state index is 13.1. The van der Waals surface area contributed by atoms with E-state index in [-0.39, 0.29) is 23.4 Å². The number of piperidine rings is 1. The fourth-order valence-corrected chi connectivity index (χ4v) is 5.32. The summed E-state index contributed by atoms with van der Waals surface area (Å²) in [6.45, 7) is 4.48. The van der Waals surface area contributed by atoms with Gasteiger partial charge in [-0.1, -0.05) is 30.3 Å². The first kappa shape index (κ1) is 21.0. The highest BCUT2D eigenvalue weighted by Crippen LogP contribution is 2.35. The minimum absolute atomic E-state index is 0.0477. The highest BCUT2D eigenvalue weighted by molar-refractivity contribution is 5.92. The van der Waals surface area contributed by atoms with Gasteiger partial charge in [-0.2, -0.15) is 0 Å². The van der Waals surface area contributed by atoms with Gasteiger partial charge in [0.2, 0.25) is 5.91 Å². The number of hydrogen-bond donors (Lipinski definition) is 0. The smallest absolute Gasteiger partial charge is 0.272 e. The number of hydrogen-bond acceptors (Lipinski definition) is 6. The van der Waals surface area contributed by atoms with E-state index in [4.69, 9.17) is 4.74 Å². The van der Waals surface area contributed by atoms with Gasteiger partial charge in [0.1, 0.15) is 12.0 Å². The van der Waals surface area contributed by atoms with Crippen molar-refractivity contribution in [3.63, 3.8) is 0 Å². The molecule has 8 heteroatoms. The topological polar surface area (TPSA) is 78.9 Å². The second kappa shape index (κ2) is 8.96. The third-order valence-electron chi connectivity index (χ3n) is 7.05. The number of likely N-dealkylation sites (tertiary alicyclic amines) is 1. The van der Waals surface area contributed by atoms with Gasteiger partial charge in [-0.15, -0.1) is 0 Å². The molecule has 3 fully saturated rings. The van der Waals surface area contributed by atoms with Crippen molar-refractivity contribution in [2.75, 3.05) is 39.4 Å². The first-order valence-electron chi connectivity index (χ1n) is 11.4. The van der Waals surface area contributed by atoms with Crippen molar-refractivity contribution in [3.05, 3.63) is 60.2 Å². The van der Waals surface area contributed by atoms with Crippen LogP contribution in [0, 0.1) is 0 Å². The minimum atomic E-state index is -0.133. The van der Waals surface area contributed by atoms with Gasteiger partial charge in [-0.05, 0) is 30.9 Å². The van der Waals surface area contributed by atoms with E-state index in [0.717, 1.165) is 31.4 Å². The van der Waals surface area contributed by atoms with Crippen LogP contribution in [0.5, 0.6) is 0 Å². The summed E-state index contributed by atoms with van der Waals surface area (Å²) in [6, 6.07) is 12.1. The van der Waals surface area contributed by atoms with E-state index in [2.05, 4.69) is 27.0 Å². The van der Waals surface area contributed by atoms with E-state index in [1.165, 1.54) is 6.33 Å². The van der Waals surface area contributed by atoms with E-state index in [1.54, 1.807) is 12.3 Å². The maximum Gasteiger partial charge on any atom is 0.272 e. The van der Waals surface area contributed by atoms with Crippen LogP contribution in [0.1, 0.15) is 35.3 Å². The van der Waals surface area contributed by atoms with Gasteiger partial charge >= 0.3 is 0 Å². The van der Waals surface area contributed by atoms with Gasteiger partial charge in [0, 0.05) is 45.0 Å². The van der Waals surface area contributed by atoms with Crippen LogP contribution < -0.4 is 0 Å². The highest BCUT2D eigenvalue weighted by atomic mass is 16.5. The SMILES string of the molecule is O=C1CN(C2CCN(C(=O)c3ccncn3)CC2)C2(CCOC2)CN1Cc1ccccc1. The van der Waals surface area contributed by atoms with Crippen LogP contribution in [0.2, 0.25) is 0 Å². The van der Waals surface area contributed by atoms with Crippen molar-refractivity contribution in [1.82, 2.24) is 24.7 Å². The van der Waals surface area contributed by atoms with Gasteiger partial charge in [-0.25, -0.2) is 9.97 Å². The standard InChI is InChI=1S/C24H29N5O3/c30-22-15-29(20-7-11-27(12-8-20)23(31)21-6-10-25-18-26-21)24(9-13-32-17-24)16-28(22)14-19-4-2-1-3-5-19/h1-6,10,18,20H,7-9,11-17H2. The molecular weight excluding hydrogens is 406 g/mol. The van der Waals surface area contributed by atoms with Gasteiger partial charge in [-0.3, -0.25) is 14.5 Å². The lowest BCUT2D eigenvalue weighted by Crippen LogP contribution is -2.68. The number of benzene rings is 1. The van der Waals surface area contributed by atoms with Gasteiger partial charge in [0.05, 0.1) is 18.7 Å². The predicted octanol–water partition coefficient (Wildman–Crippen LogP) is 1.58. The van der Waals surface area contributed by atoms with E-state index in [1.807, 2.05) is 28.0 Å². The molecule has 1 atom stereocenters. The molecule has 3 aliphatic rings. The van der Waals surface area contributed by atoms with Gasteiger partial charge in [0.25, 0.3) is 5.91 Å². The van der Waals surface area contributed by atoms with E-state index >= 15 is 0 Å². The molecule has 32 heavy (non-hydrogen) atoms. The molecule has 1 unspecified atom stereocenters. The third kappa shape index (κ3) is 4.12. The predicted molar refractivity (Wildman–Crippen MR) is 118 cm³/mol. The zero-order valence-electron chi connectivity index (χ0n) is 18.2. The first-order chi connectivity index (χ1) is 15.6. The average molecular weight is 436 g/mol. The van der Waals surface area contributed by atoms with Gasteiger partial charge in [0.15, 0.2) is 0 Å². The summed E-state index contributed by atoms with van der Waals surface area (Å²) < 4.78 is 5.85. The summed E-state index contributed by atoms with van der Waals surface area (Å²) in [4.78, 5) is 40.1. The summed E-state index contributed by atoms with van der Waals surface area (Å²) in [6.07, 6.45) is 5.64. The first-order valence-corrected chi connectivity index (χ1v) is 11.4. The fraction of sp³-hybridized carbons (Fsp3) is 0.500. The van der Waals surface area contributed by atoms with Crippen LogP contribution in [-0.2, 0) is 16.1 Å². The molecule has 1 aromatic carbocycles. The monoisotopic (exact) mass is 435 g/mol. The lowest BCUT2D eigenvalue weighted by Gasteiger charge is -2.52. The maximum absolute atomic E-state index is 13.1. The normalized spacial score (nSPS) is 24.9. The number of piperazine rings is 1. The molecule has 168 valence electrons. The molecule has 0 radical (unpaired) electrons. The van der Waals surface area contributed by atoms with Crippen molar-refractivity contribution in [2.24, 2.45) is 0 Å². The summed E-state index contributed by atoms with van der Waals surface area (Å²) >= 11 is 0. The lowest BCUT2D eigenvalue weighted by molar-refractivity contribution is -0.148. The van der Waals surface area contributed by atoms with Gasteiger partial charge < -0.3 is 14.5 Å². The van der Waals surface area contributed by atoms with Crippen LogP contribution >= 0.6 is 0 Å². The van der Waals surface area contributed by atoms with E-state index in [0.29, 0.717) is 45.0 Å². The van der Waals surface area contributed by atoms with Crippen molar-refractivity contribution in [3.8, 4) is 0 Å². The second-order valence-corrected chi connectivity index (χ2v) is 9.01. The quantitative estimate of drug-likeness (QED) is 0.726. The Morgan fingerprint density at radius 2 is 1.97 bits per heavy atom. The second-order valence-electron chi connectivity index (χ2n) is 9.01. The molecule has 3 saturated heterocycles. The number of carbonyl (C=O) groups excluding carboxylic acids is 2. The van der Waals surface area contributed by atoms with Crippen molar-refractivity contribution in [1.29, 1.82) is 0 Å². The molecule has 0 saturated carbocycles. The third-order valence-corrected chi connectivity index (χ3v) is 7.05. The van der Waals surface area contributed by atoms with Crippen molar-refractivity contribution >= 4 is 11.8 Å². The Kier molecular flexibility index (Phi) is 5.89. The zero-order chi connectivity index (χ0) is 22.0. The molecule has 2 aromatic rings. The number of aromatic nitrogens is 2. The largest absolute Gasteiger partial charge is 0.379 e. The summed E-state index contributed by atoms with van der Waals surface area (Å²) in [5.74, 6) is 0.124. The molecule has 8 nitrogen and oxygen atoms in total. The van der Waals surface area contributed by atoms with E-state index < -0.39 is 0 Å². The summed E-state index contributed by atoms with van der Waals surface area (Å²) in [5, 5.41) is 0. The molecule has 3 aliphatic heterocycles. The molecule has 0 aliphatic carbocycles. The lowest BCUT2D eigenvalue weighted by atomic mass is 9.87. The van der Waals surface area contributed by atoms with Crippen molar-refractivity contribution in [2.45, 2.75) is 37.4 Å². The molecule has 0 bridgehead atoms. The average Bonchev–Trinajstić information content (AvgIpc) is 3.31. The minimum Gasteiger partial charge on any atom is -0.379 e. The Morgan fingerprint density at radius 3 is 2.66 bits per heavy atom. The molecule has 5 rings (SSSR count). The Bertz CT molecular complexity index is 941. The fourth-order valence-electron chi connectivity index (χ4n) is 5.32. The van der Waals surface area contributed by atoms with Crippen LogP contribution in [0.3, 0.4) is 0 Å². The highest BCUT2D eigenvalue weighted by Gasteiger charge is 2.50. The van der Waals surface area contributed by atoms with Crippen LogP contribution in [0.4, 0.5) is 0 Å². The number of amides is 2. The molecule has 1 spiro atoms. The Hall–Kier alpha value is -2.84. The molecular formula is C24H29N5O3. The van der Waals surface area contributed by atoms with Crippen molar-refractivity contribution < 1.29 is 14.3 Å². The van der Waals surface area contributed by atoms with E-state index in [9.17, 15) is 9.59 Å². The Balaban J connectivity index is 1.27. The molecule has 4 heterocycles. The zero-order valence-corrected chi connectivity index (χ0v) is 18.2. The summed E-state index contributed by atoms with van der Waals surface area (Å²) in [5.41, 5.74) is 1.45. The van der Waals surface area contributed by atoms with Crippen LogP contribution in [-0.4, -0.2) is 87.5 Å². The van der Waals surface area contributed by atoms with Crippen LogP contribution in [0.25, 0.3) is 0 Å². The Labute approximate surface area is 188 Å². The molecule has 1 aromatic heterocycles. The number of nitrogens with zero attached hydrogens (tertiary/aromatic N) is 5. The number of ether oxygens (including phenoxy) is 1. The summed E-state index contributed by atoms with van der Waals surface area (Å²) in [7, 11) is 0. The number of carbonyl (C=O) groups is 2. The Morgan fingerprint density at radius 1 is 1.16 bits per heavy atom. The molecule has 0 N–H and O–H groups in total.